The van der Waals surface area contributed by atoms with Gasteiger partial charge in [0.1, 0.15) is 0 Å². The van der Waals surface area contributed by atoms with Crippen LogP contribution in [0.1, 0.15) is 20.7 Å². The van der Waals surface area contributed by atoms with Gasteiger partial charge in [-0.3, -0.25) is 9.59 Å². The van der Waals surface area contributed by atoms with Crippen LogP contribution in [0.3, 0.4) is 0 Å². The number of hydrogen-bond donors (Lipinski definition) is 0. The number of benzene rings is 2. The van der Waals surface area contributed by atoms with Crippen molar-refractivity contribution in [2.45, 2.75) is 0 Å². The molecule has 2 aromatic carbocycles. The van der Waals surface area contributed by atoms with Crippen molar-refractivity contribution >= 4 is 23.4 Å². The van der Waals surface area contributed by atoms with Gasteiger partial charge in [-0.15, -0.1) is 10.2 Å². The summed E-state index contributed by atoms with van der Waals surface area (Å²) < 4.78 is 5.04. The molecule has 0 spiro atoms. The first-order valence-corrected chi connectivity index (χ1v) is 10.3. The normalized spacial score (nSPS) is 13.7. The van der Waals surface area contributed by atoms with E-state index in [1.807, 2.05) is 18.2 Å². The molecule has 2 heterocycles. The third-order valence-electron chi connectivity index (χ3n) is 5.18. The zero-order valence-corrected chi connectivity index (χ0v) is 17.7. The van der Waals surface area contributed by atoms with Crippen LogP contribution in [0, 0.1) is 0 Å². The molecule has 1 fully saturated rings. The molecule has 0 atom stereocenters. The largest absolute Gasteiger partial charge is 0.480 e. The lowest BCUT2D eigenvalue weighted by molar-refractivity contribution is 0.0535. The Labute approximate surface area is 185 Å². The Hall–Kier alpha value is -3.45. The van der Waals surface area contributed by atoms with E-state index in [1.165, 1.54) is 7.11 Å². The van der Waals surface area contributed by atoms with E-state index in [-0.39, 0.29) is 11.8 Å². The summed E-state index contributed by atoms with van der Waals surface area (Å²) in [5.74, 6) is 0.286. The van der Waals surface area contributed by atoms with Gasteiger partial charge in [0.05, 0.1) is 12.8 Å². The molecule has 0 unspecified atom stereocenters. The minimum absolute atomic E-state index is 0.0711. The van der Waals surface area contributed by atoms with E-state index in [0.29, 0.717) is 53.9 Å². The number of aromatic nitrogens is 2. The average molecular weight is 437 g/mol. The van der Waals surface area contributed by atoms with E-state index in [1.54, 1.807) is 52.3 Å². The van der Waals surface area contributed by atoms with E-state index >= 15 is 0 Å². The second-order valence-electron chi connectivity index (χ2n) is 7.14. The Morgan fingerprint density at radius 3 is 2.00 bits per heavy atom. The zero-order valence-electron chi connectivity index (χ0n) is 17.0. The Bertz CT molecular complexity index is 1100. The second-order valence-corrected chi connectivity index (χ2v) is 7.57. The fourth-order valence-electron chi connectivity index (χ4n) is 3.49. The van der Waals surface area contributed by atoms with Crippen molar-refractivity contribution in [1.29, 1.82) is 0 Å². The van der Waals surface area contributed by atoms with E-state index in [2.05, 4.69) is 10.2 Å². The molecule has 4 rings (SSSR count). The predicted octanol–water partition coefficient (Wildman–Crippen LogP) is 3.40. The molecule has 0 bridgehead atoms. The number of ether oxygens (including phenoxy) is 1. The first-order chi connectivity index (χ1) is 15.0. The van der Waals surface area contributed by atoms with Crippen molar-refractivity contribution in [2.24, 2.45) is 0 Å². The van der Waals surface area contributed by atoms with Crippen molar-refractivity contribution < 1.29 is 14.3 Å². The van der Waals surface area contributed by atoms with Crippen molar-refractivity contribution in [1.82, 2.24) is 20.0 Å². The van der Waals surface area contributed by atoms with Crippen LogP contribution in [0.5, 0.6) is 5.88 Å². The molecule has 2 amide bonds. The number of rotatable bonds is 4. The van der Waals surface area contributed by atoms with Crippen LogP contribution in [-0.4, -0.2) is 65.1 Å². The molecule has 1 aliphatic heterocycles. The van der Waals surface area contributed by atoms with Gasteiger partial charge < -0.3 is 14.5 Å². The second kappa shape index (κ2) is 9.14. The van der Waals surface area contributed by atoms with Gasteiger partial charge in [0.25, 0.3) is 11.8 Å². The van der Waals surface area contributed by atoms with Crippen LogP contribution >= 0.6 is 11.6 Å². The molecule has 0 aliphatic carbocycles. The third kappa shape index (κ3) is 4.67. The summed E-state index contributed by atoms with van der Waals surface area (Å²) in [5.41, 5.74) is 2.59. The summed E-state index contributed by atoms with van der Waals surface area (Å²) >= 11 is 5.99. The minimum atomic E-state index is -0.0744. The number of amides is 2. The molecule has 158 valence electrons. The molecule has 7 nitrogen and oxygen atoms in total. The summed E-state index contributed by atoms with van der Waals surface area (Å²) in [7, 11) is 1.53. The molecule has 1 aromatic heterocycles. The number of carbonyl (C=O) groups is 2. The van der Waals surface area contributed by atoms with Gasteiger partial charge in [0.2, 0.25) is 5.88 Å². The molecule has 0 radical (unpaired) electrons. The van der Waals surface area contributed by atoms with E-state index in [0.717, 1.165) is 5.56 Å². The first kappa shape index (κ1) is 20.8. The lowest BCUT2D eigenvalue weighted by Crippen LogP contribution is -2.50. The number of methoxy groups -OCH3 is 1. The number of nitrogens with zero attached hydrogens (tertiary/aromatic N) is 4. The zero-order chi connectivity index (χ0) is 21.8. The van der Waals surface area contributed by atoms with E-state index < -0.39 is 0 Å². The highest BCUT2D eigenvalue weighted by atomic mass is 35.5. The summed E-state index contributed by atoms with van der Waals surface area (Å²) in [6.45, 7) is 1.89. The van der Waals surface area contributed by atoms with Gasteiger partial charge in [0.15, 0.2) is 0 Å². The van der Waals surface area contributed by atoms with Crippen molar-refractivity contribution in [2.75, 3.05) is 33.3 Å². The molecular weight excluding hydrogens is 416 g/mol. The average Bonchev–Trinajstić information content (AvgIpc) is 2.83. The summed E-state index contributed by atoms with van der Waals surface area (Å²) in [4.78, 5) is 29.2. The quantitative estimate of drug-likeness (QED) is 0.626. The Kier molecular flexibility index (Phi) is 6.13. The van der Waals surface area contributed by atoms with Crippen LogP contribution in [0.15, 0.2) is 60.7 Å². The highest BCUT2D eigenvalue weighted by Crippen LogP contribution is 2.21. The van der Waals surface area contributed by atoms with Crippen LogP contribution in [0.25, 0.3) is 11.3 Å². The van der Waals surface area contributed by atoms with Crippen molar-refractivity contribution in [3.63, 3.8) is 0 Å². The lowest BCUT2D eigenvalue weighted by atomic mass is 10.1. The van der Waals surface area contributed by atoms with Gasteiger partial charge in [-0.1, -0.05) is 29.8 Å². The van der Waals surface area contributed by atoms with Crippen LogP contribution in [0.2, 0.25) is 5.02 Å². The molecule has 3 aromatic rings. The molecule has 0 N–H and O–H groups in total. The van der Waals surface area contributed by atoms with Gasteiger partial charge >= 0.3 is 0 Å². The smallest absolute Gasteiger partial charge is 0.254 e. The standard InChI is InChI=1S/C23H21ClN4O3/c1-31-21-9-8-20(25-26-21)16-4-2-5-17(14-16)22(29)27-10-12-28(13-11-27)23(30)18-6-3-7-19(24)15-18/h2-9,14-15H,10-13H2,1H3. The minimum Gasteiger partial charge on any atom is -0.480 e. The van der Waals surface area contributed by atoms with Crippen LogP contribution < -0.4 is 4.74 Å². The monoisotopic (exact) mass is 436 g/mol. The molecule has 0 saturated carbocycles. The maximum Gasteiger partial charge on any atom is 0.254 e. The summed E-state index contributed by atoms with van der Waals surface area (Å²) in [5, 5.41) is 8.65. The maximum absolute atomic E-state index is 13.0. The molecule has 8 heteroatoms. The van der Waals surface area contributed by atoms with Crippen molar-refractivity contribution in [3.8, 4) is 17.1 Å². The molecule has 1 aliphatic rings. The SMILES string of the molecule is COc1ccc(-c2cccc(C(=O)N3CCN(C(=O)c4cccc(Cl)c4)CC3)c2)nn1. The first-order valence-electron chi connectivity index (χ1n) is 9.87. The third-order valence-corrected chi connectivity index (χ3v) is 5.42. The van der Waals surface area contributed by atoms with Gasteiger partial charge in [-0.25, -0.2) is 0 Å². The lowest BCUT2D eigenvalue weighted by Gasteiger charge is -2.35. The molecular formula is C23H21ClN4O3. The Balaban J connectivity index is 1.42. The fourth-order valence-corrected chi connectivity index (χ4v) is 3.68. The fraction of sp³-hybridized carbons (Fsp3) is 0.217. The van der Waals surface area contributed by atoms with E-state index in [9.17, 15) is 9.59 Å². The van der Waals surface area contributed by atoms with Crippen LogP contribution in [-0.2, 0) is 0 Å². The number of carbonyl (C=O) groups excluding carboxylic acids is 2. The summed E-state index contributed by atoms with van der Waals surface area (Å²) in [6, 6.07) is 17.7. The van der Waals surface area contributed by atoms with Gasteiger partial charge in [-0.2, -0.15) is 0 Å². The number of halogens is 1. The highest BCUT2D eigenvalue weighted by molar-refractivity contribution is 6.30. The topological polar surface area (TPSA) is 75.6 Å². The maximum atomic E-state index is 13.0. The summed E-state index contributed by atoms with van der Waals surface area (Å²) in [6.07, 6.45) is 0. The molecule has 1 saturated heterocycles. The van der Waals surface area contributed by atoms with Crippen LogP contribution in [0.4, 0.5) is 0 Å². The van der Waals surface area contributed by atoms with Crippen molar-refractivity contribution in [3.05, 3.63) is 76.8 Å². The number of hydrogen-bond acceptors (Lipinski definition) is 5. The predicted molar refractivity (Wildman–Crippen MR) is 117 cm³/mol. The van der Waals surface area contributed by atoms with Gasteiger partial charge in [-0.05, 0) is 36.4 Å². The Morgan fingerprint density at radius 2 is 1.45 bits per heavy atom. The number of piperazine rings is 1. The molecule has 31 heavy (non-hydrogen) atoms. The van der Waals surface area contributed by atoms with Gasteiger partial charge in [0, 0.05) is 54.0 Å². The highest BCUT2D eigenvalue weighted by Gasteiger charge is 2.25. The Morgan fingerprint density at radius 1 is 0.839 bits per heavy atom. The van der Waals surface area contributed by atoms with E-state index in [4.69, 9.17) is 16.3 Å².